The van der Waals surface area contributed by atoms with Crippen LogP contribution in [0.4, 0.5) is 0 Å². The van der Waals surface area contributed by atoms with Crippen molar-refractivity contribution < 1.29 is 0 Å². The van der Waals surface area contributed by atoms with E-state index in [2.05, 4.69) is 26.5 Å². The number of likely N-dealkylation sites (tertiary alicyclic amines) is 1. The van der Waals surface area contributed by atoms with E-state index < -0.39 is 0 Å². The van der Waals surface area contributed by atoms with Crippen LogP contribution < -0.4 is 5.43 Å². The largest absolute Gasteiger partial charge is 0.285 e. The van der Waals surface area contributed by atoms with Crippen LogP contribution in [0.15, 0.2) is 23.4 Å². The van der Waals surface area contributed by atoms with E-state index in [1.165, 1.54) is 31.6 Å². The number of hydrogen-bond acceptors (Lipinski definition) is 5. The van der Waals surface area contributed by atoms with Crippen molar-refractivity contribution in [3.8, 4) is 6.07 Å². The van der Waals surface area contributed by atoms with Crippen molar-refractivity contribution in [2.75, 3.05) is 26.8 Å². The van der Waals surface area contributed by atoms with Gasteiger partial charge in [-0.2, -0.15) is 10.4 Å². The number of nitrogens with zero attached hydrogens (tertiary/aromatic N) is 4. The molecule has 0 aromatic rings. The molecule has 1 atom stereocenters. The summed E-state index contributed by atoms with van der Waals surface area (Å²) in [6, 6.07) is 2.57. The quantitative estimate of drug-likeness (QED) is 0.780. The lowest BCUT2D eigenvalue weighted by Crippen LogP contribution is -2.44. The van der Waals surface area contributed by atoms with Crippen LogP contribution in [0.25, 0.3) is 0 Å². The Morgan fingerprint density at radius 3 is 2.94 bits per heavy atom. The minimum absolute atomic E-state index is 0.328. The Labute approximate surface area is 108 Å². The summed E-state index contributed by atoms with van der Waals surface area (Å²) in [5, 5.41) is 13.3. The van der Waals surface area contributed by atoms with E-state index >= 15 is 0 Å². The summed E-state index contributed by atoms with van der Waals surface area (Å²) in [5.41, 5.74) is 5.44. The molecule has 0 amide bonds. The Hall–Kier alpha value is -1.35. The second-order valence-electron chi connectivity index (χ2n) is 5.15. The molecule has 2 aliphatic heterocycles. The highest BCUT2D eigenvalue weighted by molar-refractivity contribution is 5.40. The Balaban J connectivity index is 1.77. The maximum atomic E-state index is 9.02. The first-order valence-corrected chi connectivity index (χ1v) is 6.59. The molecule has 1 unspecified atom stereocenters. The van der Waals surface area contributed by atoms with Crippen molar-refractivity contribution in [2.45, 2.75) is 25.3 Å². The van der Waals surface area contributed by atoms with Gasteiger partial charge in [-0.25, -0.2) is 5.43 Å². The molecule has 1 N–H and O–H groups in total. The average molecular weight is 245 g/mol. The predicted octanol–water partition coefficient (Wildman–Crippen LogP) is 0.813. The highest BCUT2D eigenvalue weighted by Gasteiger charge is 2.34. The Bertz CT molecular complexity index is 427. The molecule has 0 saturated carbocycles. The Morgan fingerprint density at radius 1 is 1.44 bits per heavy atom. The predicted molar refractivity (Wildman–Crippen MR) is 68.6 cm³/mol. The van der Waals surface area contributed by atoms with Gasteiger partial charge in [0.25, 0.3) is 0 Å². The van der Waals surface area contributed by atoms with Gasteiger partial charge in [0.1, 0.15) is 0 Å². The first-order valence-electron chi connectivity index (χ1n) is 6.59. The van der Waals surface area contributed by atoms with Crippen molar-refractivity contribution in [3.63, 3.8) is 0 Å². The van der Waals surface area contributed by atoms with Crippen molar-refractivity contribution >= 4 is 0 Å². The number of hydrogen-bond donors (Lipinski definition) is 1. The zero-order valence-electron chi connectivity index (χ0n) is 10.8. The molecule has 0 aromatic heterocycles. The molecule has 5 heteroatoms. The van der Waals surface area contributed by atoms with E-state index in [0.717, 1.165) is 18.7 Å². The van der Waals surface area contributed by atoms with E-state index in [9.17, 15) is 0 Å². The lowest BCUT2D eigenvalue weighted by molar-refractivity contribution is -0.00598. The molecule has 2 saturated heterocycles. The fourth-order valence-corrected chi connectivity index (χ4v) is 2.89. The molecular formula is C13H19N5. The SMILES string of the molecule is CN1NC2CC=C(C#N)C=C2N1CN1CCCC1. The van der Waals surface area contributed by atoms with Crippen LogP contribution in [-0.4, -0.2) is 47.9 Å². The summed E-state index contributed by atoms with van der Waals surface area (Å²) in [6.45, 7) is 3.29. The third-order valence-electron chi connectivity index (χ3n) is 3.90. The van der Waals surface area contributed by atoms with Crippen LogP contribution in [-0.2, 0) is 0 Å². The van der Waals surface area contributed by atoms with Gasteiger partial charge in [0, 0.05) is 12.6 Å². The maximum absolute atomic E-state index is 9.02. The molecule has 1 aliphatic carbocycles. The second-order valence-corrected chi connectivity index (χ2v) is 5.15. The van der Waals surface area contributed by atoms with Gasteiger partial charge >= 0.3 is 0 Å². The zero-order valence-corrected chi connectivity index (χ0v) is 10.8. The standard InChI is InChI=1S/C13H19N5/c1-16-15-12-5-4-11(9-14)8-13(12)18(16)10-17-6-2-3-7-17/h4,8,12,15H,2-3,5-7,10H2,1H3. The van der Waals surface area contributed by atoms with Gasteiger partial charge in [-0.05, 0) is 38.4 Å². The van der Waals surface area contributed by atoms with Crippen LogP contribution in [0.1, 0.15) is 19.3 Å². The first kappa shape index (κ1) is 11.7. The van der Waals surface area contributed by atoms with E-state index in [1.54, 1.807) is 0 Å². The average Bonchev–Trinajstić information content (AvgIpc) is 2.99. The third-order valence-corrected chi connectivity index (χ3v) is 3.90. The minimum atomic E-state index is 0.328. The van der Waals surface area contributed by atoms with Gasteiger partial charge in [0.05, 0.1) is 24.5 Å². The molecule has 0 radical (unpaired) electrons. The summed E-state index contributed by atoms with van der Waals surface area (Å²) in [5.74, 6) is 0. The molecule has 3 aliphatic rings. The fraction of sp³-hybridized carbons (Fsp3) is 0.615. The van der Waals surface area contributed by atoms with Crippen LogP contribution in [0, 0.1) is 11.3 Å². The van der Waals surface area contributed by atoms with Gasteiger partial charge in [0.15, 0.2) is 0 Å². The maximum Gasteiger partial charge on any atom is 0.0988 e. The molecule has 2 fully saturated rings. The summed E-state index contributed by atoms with van der Waals surface area (Å²) in [7, 11) is 2.04. The van der Waals surface area contributed by atoms with Crippen LogP contribution in [0.5, 0.6) is 0 Å². The van der Waals surface area contributed by atoms with Gasteiger partial charge in [-0.3, -0.25) is 9.91 Å². The van der Waals surface area contributed by atoms with E-state index in [1.807, 2.05) is 19.2 Å². The summed E-state index contributed by atoms with van der Waals surface area (Å²) in [6.07, 6.45) is 7.53. The molecule has 3 rings (SSSR count). The lowest BCUT2D eigenvalue weighted by atomic mass is 10.0. The molecule has 96 valence electrons. The van der Waals surface area contributed by atoms with E-state index in [-0.39, 0.29) is 0 Å². The number of rotatable bonds is 2. The molecular weight excluding hydrogens is 226 g/mol. The molecule has 5 nitrogen and oxygen atoms in total. The van der Waals surface area contributed by atoms with Crippen LogP contribution in [0.2, 0.25) is 0 Å². The monoisotopic (exact) mass is 245 g/mol. The lowest BCUT2D eigenvalue weighted by Gasteiger charge is -2.30. The highest BCUT2D eigenvalue weighted by Crippen LogP contribution is 2.27. The van der Waals surface area contributed by atoms with E-state index in [4.69, 9.17) is 5.26 Å². The van der Waals surface area contributed by atoms with Crippen LogP contribution in [0.3, 0.4) is 0 Å². The number of hydrazine groups is 2. The third kappa shape index (κ3) is 2.03. The van der Waals surface area contributed by atoms with Crippen molar-refractivity contribution in [1.82, 2.24) is 20.5 Å². The van der Waals surface area contributed by atoms with E-state index in [0.29, 0.717) is 6.04 Å². The molecule has 2 heterocycles. The topological polar surface area (TPSA) is 45.5 Å². The first-order chi connectivity index (χ1) is 8.78. The Kier molecular flexibility index (Phi) is 3.08. The zero-order chi connectivity index (χ0) is 12.5. The molecule has 0 aromatic carbocycles. The normalized spacial score (nSPS) is 28.9. The van der Waals surface area contributed by atoms with Crippen molar-refractivity contribution in [2.24, 2.45) is 0 Å². The fourth-order valence-electron chi connectivity index (χ4n) is 2.89. The van der Waals surface area contributed by atoms with Gasteiger partial charge in [-0.15, -0.1) is 0 Å². The second kappa shape index (κ2) is 4.73. The molecule has 18 heavy (non-hydrogen) atoms. The summed E-state index contributed by atoms with van der Waals surface area (Å²) in [4.78, 5) is 2.46. The smallest absolute Gasteiger partial charge is 0.0988 e. The molecule has 0 bridgehead atoms. The summed E-state index contributed by atoms with van der Waals surface area (Å²) >= 11 is 0. The summed E-state index contributed by atoms with van der Waals surface area (Å²) < 4.78 is 0. The highest BCUT2D eigenvalue weighted by atomic mass is 15.8. The van der Waals surface area contributed by atoms with Gasteiger partial charge in [0.2, 0.25) is 0 Å². The number of allylic oxidation sites excluding steroid dienone is 2. The number of fused-ring (bicyclic) bond motifs is 1. The number of nitrogens with one attached hydrogen (secondary N) is 1. The van der Waals surface area contributed by atoms with Gasteiger partial charge in [-0.1, -0.05) is 6.08 Å². The minimum Gasteiger partial charge on any atom is -0.285 e. The van der Waals surface area contributed by atoms with Gasteiger partial charge < -0.3 is 0 Å². The Morgan fingerprint density at radius 2 is 2.22 bits per heavy atom. The number of nitriles is 1. The van der Waals surface area contributed by atoms with Crippen molar-refractivity contribution in [3.05, 3.63) is 23.4 Å². The van der Waals surface area contributed by atoms with Crippen LogP contribution >= 0.6 is 0 Å². The molecule has 0 spiro atoms. The van der Waals surface area contributed by atoms with Crippen molar-refractivity contribution in [1.29, 1.82) is 5.26 Å².